The van der Waals surface area contributed by atoms with Crippen molar-refractivity contribution >= 4 is 17.5 Å². The molecule has 1 saturated heterocycles. The first-order chi connectivity index (χ1) is 13.6. The summed E-state index contributed by atoms with van der Waals surface area (Å²) in [6, 6.07) is 9.42. The van der Waals surface area contributed by atoms with Crippen molar-refractivity contribution in [2.75, 3.05) is 36.4 Å². The minimum Gasteiger partial charge on any atom is -0.352 e. The fourth-order valence-electron chi connectivity index (χ4n) is 3.27. The van der Waals surface area contributed by atoms with E-state index in [1.54, 1.807) is 17.1 Å². The van der Waals surface area contributed by atoms with Gasteiger partial charge >= 0.3 is 6.03 Å². The van der Waals surface area contributed by atoms with Gasteiger partial charge in [-0.05, 0) is 44.2 Å². The van der Waals surface area contributed by atoms with Gasteiger partial charge in [0, 0.05) is 50.5 Å². The van der Waals surface area contributed by atoms with Gasteiger partial charge in [-0.3, -0.25) is 4.98 Å². The number of carbonyl (C=O) groups is 1. The number of amides is 2. The quantitative estimate of drug-likeness (QED) is 0.759. The first-order valence-electron chi connectivity index (χ1n) is 9.31. The molecule has 2 amide bonds. The van der Waals surface area contributed by atoms with Crippen molar-refractivity contribution in [1.29, 1.82) is 0 Å². The summed E-state index contributed by atoms with van der Waals surface area (Å²) in [5.41, 5.74) is 3.54. The summed E-state index contributed by atoms with van der Waals surface area (Å²) in [7, 11) is 0. The molecule has 1 aliphatic rings. The van der Waals surface area contributed by atoms with E-state index < -0.39 is 0 Å². The smallest absolute Gasteiger partial charge is 0.321 e. The molecule has 1 aliphatic heterocycles. The average Bonchev–Trinajstić information content (AvgIpc) is 3.25. The van der Waals surface area contributed by atoms with Crippen LogP contribution >= 0.6 is 0 Å². The standard InChI is InChI=1S/C20H23N7O/c1-15-14-21-16(2)19(23-15)25-10-12-26(13-11-25)20(28)24-17-4-6-18(7-5-17)27-9-3-8-22-27/h3-9,14H,10-13H2,1-2H3,(H,24,28). The van der Waals surface area contributed by atoms with Crippen molar-refractivity contribution in [3.05, 3.63) is 60.3 Å². The molecular weight excluding hydrogens is 354 g/mol. The predicted octanol–water partition coefficient (Wildman–Crippen LogP) is 2.63. The Balaban J connectivity index is 1.34. The lowest BCUT2D eigenvalue weighted by Gasteiger charge is -2.35. The lowest BCUT2D eigenvalue weighted by atomic mass is 10.2. The molecule has 0 unspecified atom stereocenters. The minimum atomic E-state index is -0.0847. The summed E-state index contributed by atoms with van der Waals surface area (Å²) in [5, 5.41) is 7.17. The van der Waals surface area contributed by atoms with E-state index in [1.807, 2.05) is 55.3 Å². The average molecular weight is 377 g/mol. The highest BCUT2D eigenvalue weighted by molar-refractivity contribution is 5.89. The number of benzene rings is 1. The zero-order valence-corrected chi connectivity index (χ0v) is 16.0. The number of nitrogens with zero attached hydrogens (tertiary/aromatic N) is 6. The van der Waals surface area contributed by atoms with Gasteiger partial charge in [-0.2, -0.15) is 5.10 Å². The maximum Gasteiger partial charge on any atom is 0.321 e. The summed E-state index contributed by atoms with van der Waals surface area (Å²) in [6.07, 6.45) is 5.40. The van der Waals surface area contributed by atoms with Crippen molar-refractivity contribution in [1.82, 2.24) is 24.6 Å². The van der Waals surface area contributed by atoms with Crippen molar-refractivity contribution in [2.24, 2.45) is 0 Å². The Morgan fingerprint density at radius 2 is 1.82 bits per heavy atom. The minimum absolute atomic E-state index is 0.0847. The van der Waals surface area contributed by atoms with Crippen LogP contribution in [0.15, 0.2) is 48.9 Å². The number of hydrogen-bond acceptors (Lipinski definition) is 5. The molecular formula is C20H23N7O. The van der Waals surface area contributed by atoms with Crippen LogP contribution in [0.1, 0.15) is 11.4 Å². The first kappa shape index (κ1) is 18.0. The van der Waals surface area contributed by atoms with E-state index in [0.29, 0.717) is 13.1 Å². The molecule has 0 radical (unpaired) electrons. The number of rotatable bonds is 3. The van der Waals surface area contributed by atoms with Gasteiger partial charge in [0.15, 0.2) is 0 Å². The fraction of sp³-hybridized carbons (Fsp3) is 0.300. The highest BCUT2D eigenvalue weighted by Crippen LogP contribution is 2.18. The van der Waals surface area contributed by atoms with Gasteiger partial charge in [0.05, 0.1) is 17.1 Å². The molecule has 0 spiro atoms. The molecule has 0 saturated carbocycles. The van der Waals surface area contributed by atoms with Crippen molar-refractivity contribution in [3.63, 3.8) is 0 Å². The van der Waals surface area contributed by atoms with Gasteiger partial charge in [-0.25, -0.2) is 14.5 Å². The number of aryl methyl sites for hydroxylation is 2. The zero-order chi connectivity index (χ0) is 19.5. The molecule has 144 valence electrons. The molecule has 1 N–H and O–H groups in total. The Morgan fingerprint density at radius 3 is 2.50 bits per heavy atom. The van der Waals surface area contributed by atoms with Gasteiger partial charge in [0.2, 0.25) is 0 Å². The topological polar surface area (TPSA) is 79.2 Å². The Labute approximate surface area is 163 Å². The largest absolute Gasteiger partial charge is 0.352 e. The Hall–Kier alpha value is -3.42. The second-order valence-corrected chi connectivity index (χ2v) is 6.82. The molecule has 3 aromatic rings. The molecule has 0 aliphatic carbocycles. The fourth-order valence-corrected chi connectivity index (χ4v) is 3.27. The van der Waals surface area contributed by atoms with Crippen LogP contribution in [0.3, 0.4) is 0 Å². The highest BCUT2D eigenvalue weighted by Gasteiger charge is 2.23. The van der Waals surface area contributed by atoms with Gasteiger partial charge in [-0.15, -0.1) is 0 Å². The van der Waals surface area contributed by atoms with E-state index in [0.717, 1.165) is 41.7 Å². The maximum atomic E-state index is 12.6. The molecule has 0 bridgehead atoms. The Bertz CT molecular complexity index is 945. The van der Waals surface area contributed by atoms with E-state index in [2.05, 4.69) is 25.3 Å². The lowest BCUT2D eigenvalue weighted by molar-refractivity contribution is 0.208. The van der Waals surface area contributed by atoms with Gasteiger partial charge in [-0.1, -0.05) is 0 Å². The third-order valence-electron chi connectivity index (χ3n) is 4.80. The van der Waals surface area contributed by atoms with Gasteiger partial charge in [0.25, 0.3) is 0 Å². The molecule has 28 heavy (non-hydrogen) atoms. The normalized spacial score (nSPS) is 14.2. The van der Waals surface area contributed by atoms with E-state index in [4.69, 9.17) is 0 Å². The zero-order valence-electron chi connectivity index (χ0n) is 16.0. The summed E-state index contributed by atoms with van der Waals surface area (Å²) >= 11 is 0. The lowest BCUT2D eigenvalue weighted by Crippen LogP contribution is -2.50. The molecule has 1 fully saturated rings. The van der Waals surface area contributed by atoms with Crippen LogP contribution in [0.25, 0.3) is 5.69 Å². The number of hydrogen-bond donors (Lipinski definition) is 1. The van der Waals surface area contributed by atoms with Crippen LogP contribution in [-0.2, 0) is 0 Å². The Kier molecular flexibility index (Phi) is 4.92. The summed E-state index contributed by atoms with van der Waals surface area (Å²) in [4.78, 5) is 25.6. The predicted molar refractivity (Wildman–Crippen MR) is 108 cm³/mol. The third-order valence-corrected chi connectivity index (χ3v) is 4.80. The second-order valence-electron chi connectivity index (χ2n) is 6.82. The third kappa shape index (κ3) is 3.80. The van der Waals surface area contributed by atoms with Crippen LogP contribution in [0.2, 0.25) is 0 Å². The molecule has 3 heterocycles. The molecule has 8 heteroatoms. The van der Waals surface area contributed by atoms with E-state index >= 15 is 0 Å². The monoisotopic (exact) mass is 377 g/mol. The highest BCUT2D eigenvalue weighted by atomic mass is 16.2. The first-order valence-corrected chi connectivity index (χ1v) is 9.31. The summed E-state index contributed by atoms with van der Waals surface area (Å²) < 4.78 is 1.78. The number of nitrogens with one attached hydrogen (secondary N) is 1. The van der Waals surface area contributed by atoms with E-state index in [-0.39, 0.29) is 6.03 Å². The van der Waals surface area contributed by atoms with Crippen LogP contribution in [0.4, 0.5) is 16.3 Å². The SMILES string of the molecule is Cc1cnc(C)c(N2CCN(C(=O)Nc3ccc(-n4cccn4)cc3)CC2)n1. The number of piperazine rings is 1. The number of carbonyl (C=O) groups excluding carboxylic acids is 1. The van der Waals surface area contributed by atoms with Crippen LogP contribution < -0.4 is 10.2 Å². The molecule has 2 aromatic heterocycles. The number of anilines is 2. The van der Waals surface area contributed by atoms with Gasteiger partial charge in [0.1, 0.15) is 5.82 Å². The van der Waals surface area contributed by atoms with Crippen molar-refractivity contribution in [3.8, 4) is 5.69 Å². The van der Waals surface area contributed by atoms with E-state index in [9.17, 15) is 4.79 Å². The maximum absolute atomic E-state index is 12.6. The number of aromatic nitrogens is 4. The van der Waals surface area contributed by atoms with Crippen LogP contribution in [-0.4, -0.2) is 56.9 Å². The second kappa shape index (κ2) is 7.67. The van der Waals surface area contributed by atoms with Crippen molar-refractivity contribution < 1.29 is 4.79 Å². The summed E-state index contributed by atoms with van der Waals surface area (Å²) in [6.45, 7) is 6.68. The van der Waals surface area contributed by atoms with E-state index in [1.165, 1.54) is 0 Å². The molecule has 8 nitrogen and oxygen atoms in total. The van der Waals surface area contributed by atoms with Crippen molar-refractivity contribution in [2.45, 2.75) is 13.8 Å². The van der Waals surface area contributed by atoms with Gasteiger partial charge < -0.3 is 15.1 Å². The summed E-state index contributed by atoms with van der Waals surface area (Å²) in [5.74, 6) is 0.911. The van der Waals surface area contributed by atoms with Crippen LogP contribution in [0, 0.1) is 13.8 Å². The Morgan fingerprint density at radius 1 is 1.07 bits per heavy atom. The van der Waals surface area contributed by atoms with Crippen LogP contribution in [0.5, 0.6) is 0 Å². The number of urea groups is 1. The molecule has 4 rings (SSSR count). The molecule has 1 aromatic carbocycles. The molecule has 0 atom stereocenters.